The fraction of sp³-hybridized carbons (Fsp3) is 0.933. The van der Waals surface area contributed by atoms with Gasteiger partial charge in [-0.15, -0.1) is 0 Å². The standard InChI is InChI=1S/C15H25NO2/c17-13-7-1-10(2-8-13)9-16-15(18)14(11-3-4-11)12-5-6-12/h10-14,17H,1-9H2,(H,16,18). The lowest BCUT2D eigenvalue weighted by molar-refractivity contribution is -0.126. The van der Waals surface area contributed by atoms with Gasteiger partial charge in [0.1, 0.15) is 0 Å². The highest BCUT2D eigenvalue weighted by Gasteiger charge is 2.45. The third-order valence-electron chi connectivity index (χ3n) is 4.94. The summed E-state index contributed by atoms with van der Waals surface area (Å²) in [6, 6.07) is 0. The number of hydrogen-bond acceptors (Lipinski definition) is 2. The van der Waals surface area contributed by atoms with E-state index >= 15 is 0 Å². The minimum atomic E-state index is -0.0948. The number of rotatable bonds is 5. The Kier molecular flexibility index (Phi) is 3.60. The Morgan fingerprint density at radius 1 is 1.00 bits per heavy atom. The van der Waals surface area contributed by atoms with Crippen LogP contribution in [0.3, 0.4) is 0 Å². The largest absolute Gasteiger partial charge is 0.393 e. The van der Waals surface area contributed by atoms with Crippen LogP contribution >= 0.6 is 0 Å². The molecule has 0 saturated heterocycles. The van der Waals surface area contributed by atoms with Gasteiger partial charge in [-0.05, 0) is 69.1 Å². The van der Waals surface area contributed by atoms with Gasteiger partial charge in [-0.25, -0.2) is 0 Å². The molecule has 102 valence electrons. The van der Waals surface area contributed by atoms with Crippen molar-refractivity contribution in [3.05, 3.63) is 0 Å². The van der Waals surface area contributed by atoms with Crippen molar-refractivity contribution in [3.63, 3.8) is 0 Å². The predicted octanol–water partition coefficient (Wildman–Crippen LogP) is 2.09. The molecular weight excluding hydrogens is 226 g/mol. The lowest BCUT2D eigenvalue weighted by Crippen LogP contribution is -2.37. The molecule has 0 heterocycles. The quantitative estimate of drug-likeness (QED) is 0.786. The van der Waals surface area contributed by atoms with E-state index in [0.717, 1.165) is 32.2 Å². The zero-order valence-corrected chi connectivity index (χ0v) is 11.1. The Labute approximate surface area is 109 Å². The average Bonchev–Trinajstić information content (AvgIpc) is 3.23. The molecule has 0 unspecified atom stereocenters. The van der Waals surface area contributed by atoms with Crippen LogP contribution in [0.4, 0.5) is 0 Å². The Morgan fingerprint density at radius 3 is 2.06 bits per heavy atom. The highest BCUT2D eigenvalue weighted by atomic mass is 16.3. The number of carbonyl (C=O) groups is 1. The van der Waals surface area contributed by atoms with Crippen LogP contribution in [0.25, 0.3) is 0 Å². The van der Waals surface area contributed by atoms with Gasteiger partial charge in [0.15, 0.2) is 0 Å². The molecule has 18 heavy (non-hydrogen) atoms. The normalized spacial score (nSPS) is 32.6. The van der Waals surface area contributed by atoms with Crippen molar-refractivity contribution in [2.75, 3.05) is 6.54 Å². The molecule has 3 aliphatic rings. The van der Waals surface area contributed by atoms with Crippen molar-refractivity contribution in [3.8, 4) is 0 Å². The summed E-state index contributed by atoms with van der Waals surface area (Å²) in [7, 11) is 0. The predicted molar refractivity (Wildman–Crippen MR) is 69.9 cm³/mol. The van der Waals surface area contributed by atoms with Crippen molar-refractivity contribution in [1.29, 1.82) is 0 Å². The molecular formula is C15H25NO2. The lowest BCUT2D eigenvalue weighted by Gasteiger charge is -2.26. The third kappa shape index (κ3) is 3.05. The first-order valence-electron chi connectivity index (χ1n) is 7.70. The summed E-state index contributed by atoms with van der Waals surface area (Å²) in [5.74, 6) is 2.65. The highest BCUT2D eigenvalue weighted by Crippen LogP contribution is 2.49. The first-order valence-corrected chi connectivity index (χ1v) is 7.70. The van der Waals surface area contributed by atoms with Crippen molar-refractivity contribution in [2.45, 2.75) is 57.5 Å². The van der Waals surface area contributed by atoms with Crippen LogP contribution in [0.1, 0.15) is 51.4 Å². The molecule has 0 aromatic carbocycles. The molecule has 0 bridgehead atoms. The first-order chi connectivity index (χ1) is 8.74. The van der Waals surface area contributed by atoms with E-state index in [1.54, 1.807) is 0 Å². The van der Waals surface area contributed by atoms with E-state index in [-0.39, 0.29) is 6.10 Å². The minimum absolute atomic E-state index is 0.0948. The van der Waals surface area contributed by atoms with E-state index in [2.05, 4.69) is 5.32 Å². The van der Waals surface area contributed by atoms with Gasteiger partial charge in [0, 0.05) is 12.5 Å². The molecule has 0 aliphatic heterocycles. The van der Waals surface area contributed by atoms with Crippen LogP contribution in [0, 0.1) is 23.7 Å². The van der Waals surface area contributed by atoms with E-state index in [1.807, 2.05) is 0 Å². The number of hydrogen-bond donors (Lipinski definition) is 2. The Morgan fingerprint density at radius 2 is 1.56 bits per heavy atom. The van der Waals surface area contributed by atoms with Gasteiger partial charge in [0.05, 0.1) is 6.10 Å². The molecule has 3 nitrogen and oxygen atoms in total. The molecule has 3 saturated carbocycles. The molecule has 3 fully saturated rings. The van der Waals surface area contributed by atoms with Gasteiger partial charge in [0.2, 0.25) is 5.91 Å². The number of carbonyl (C=O) groups excluding carboxylic acids is 1. The summed E-state index contributed by atoms with van der Waals surface area (Å²) < 4.78 is 0. The fourth-order valence-corrected chi connectivity index (χ4v) is 3.44. The molecule has 0 aromatic heterocycles. The third-order valence-corrected chi connectivity index (χ3v) is 4.94. The van der Waals surface area contributed by atoms with Crippen molar-refractivity contribution in [2.24, 2.45) is 23.7 Å². The van der Waals surface area contributed by atoms with E-state index < -0.39 is 0 Å². The summed E-state index contributed by atoms with van der Waals surface area (Å²) >= 11 is 0. The zero-order valence-electron chi connectivity index (χ0n) is 11.1. The number of amides is 1. The first kappa shape index (κ1) is 12.5. The number of aliphatic hydroxyl groups is 1. The molecule has 0 spiro atoms. The molecule has 0 radical (unpaired) electrons. The second kappa shape index (κ2) is 5.20. The van der Waals surface area contributed by atoms with Gasteiger partial charge < -0.3 is 10.4 Å². The summed E-state index contributed by atoms with van der Waals surface area (Å²) in [6.45, 7) is 0.835. The van der Waals surface area contributed by atoms with Crippen molar-refractivity contribution in [1.82, 2.24) is 5.32 Å². The minimum Gasteiger partial charge on any atom is -0.393 e. The van der Waals surface area contributed by atoms with E-state index in [9.17, 15) is 9.90 Å². The Balaban J connectivity index is 1.43. The van der Waals surface area contributed by atoms with Crippen molar-refractivity contribution >= 4 is 5.91 Å². The topological polar surface area (TPSA) is 49.3 Å². The summed E-state index contributed by atoms with van der Waals surface area (Å²) in [6.07, 6.45) is 8.94. The molecule has 1 amide bonds. The molecule has 2 N–H and O–H groups in total. The Hall–Kier alpha value is -0.570. The molecule has 3 aliphatic carbocycles. The number of nitrogens with one attached hydrogen (secondary N) is 1. The van der Waals surface area contributed by atoms with Crippen LogP contribution in [-0.2, 0) is 4.79 Å². The smallest absolute Gasteiger partial charge is 0.223 e. The monoisotopic (exact) mass is 251 g/mol. The fourth-order valence-electron chi connectivity index (χ4n) is 3.44. The maximum absolute atomic E-state index is 12.3. The van der Waals surface area contributed by atoms with E-state index in [1.165, 1.54) is 25.7 Å². The van der Waals surface area contributed by atoms with Crippen molar-refractivity contribution < 1.29 is 9.90 Å². The van der Waals surface area contributed by atoms with Gasteiger partial charge in [-0.3, -0.25) is 4.79 Å². The highest BCUT2D eigenvalue weighted by molar-refractivity contribution is 5.80. The summed E-state index contributed by atoms with van der Waals surface area (Å²) in [5, 5.41) is 12.7. The van der Waals surface area contributed by atoms with Gasteiger partial charge in [-0.2, -0.15) is 0 Å². The Bertz CT molecular complexity index is 290. The second-order valence-electron chi connectivity index (χ2n) is 6.62. The van der Waals surface area contributed by atoms with Gasteiger partial charge in [-0.1, -0.05) is 0 Å². The molecule has 0 aromatic rings. The maximum atomic E-state index is 12.3. The molecule has 3 heteroatoms. The molecule has 3 rings (SSSR count). The van der Waals surface area contributed by atoms with Crippen LogP contribution in [0.15, 0.2) is 0 Å². The van der Waals surface area contributed by atoms with Crippen LogP contribution in [0.5, 0.6) is 0 Å². The lowest BCUT2D eigenvalue weighted by atomic mass is 9.87. The maximum Gasteiger partial charge on any atom is 0.223 e. The van der Waals surface area contributed by atoms with Gasteiger partial charge in [0.25, 0.3) is 0 Å². The van der Waals surface area contributed by atoms with E-state index in [0.29, 0.717) is 29.6 Å². The summed E-state index contributed by atoms with van der Waals surface area (Å²) in [5.41, 5.74) is 0. The zero-order chi connectivity index (χ0) is 12.5. The summed E-state index contributed by atoms with van der Waals surface area (Å²) in [4.78, 5) is 12.3. The van der Waals surface area contributed by atoms with Crippen LogP contribution in [0.2, 0.25) is 0 Å². The van der Waals surface area contributed by atoms with Crippen LogP contribution in [-0.4, -0.2) is 23.7 Å². The number of aliphatic hydroxyl groups excluding tert-OH is 1. The second-order valence-corrected chi connectivity index (χ2v) is 6.62. The van der Waals surface area contributed by atoms with E-state index in [4.69, 9.17) is 0 Å². The average molecular weight is 251 g/mol. The SMILES string of the molecule is O=C(NCC1CCC(O)CC1)C(C1CC1)C1CC1. The van der Waals surface area contributed by atoms with Crippen LogP contribution < -0.4 is 5.32 Å². The molecule has 0 atom stereocenters. The van der Waals surface area contributed by atoms with Gasteiger partial charge >= 0.3 is 0 Å².